The van der Waals surface area contributed by atoms with Gasteiger partial charge >= 0.3 is 0 Å². The number of aromatic amines is 1. The summed E-state index contributed by atoms with van der Waals surface area (Å²) in [6.45, 7) is 1.83. The zero-order valence-electron chi connectivity index (χ0n) is 15.1. The van der Waals surface area contributed by atoms with Gasteiger partial charge in [0.1, 0.15) is 0 Å². The Hall–Kier alpha value is -3.00. The van der Waals surface area contributed by atoms with Crippen LogP contribution in [0, 0.1) is 0 Å². The molecular weight excluding hydrogens is 366 g/mol. The number of nitrogens with zero attached hydrogens (tertiary/aromatic N) is 2. The SMILES string of the molecule is CC(c1ccc(S(C)(=O)=O)cc1)N(C)C(=O)c1n[nH]c(=O)c2ccccc12. The largest absolute Gasteiger partial charge is 0.334 e. The van der Waals surface area contributed by atoms with E-state index in [1.807, 2.05) is 6.92 Å². The summed E-state index contributed by atoms with van der Waals surface area (Å²) in [4.78, 5) is 26.6. The van der Waals surface area contributed by atoms with Crippen LogP contribution in [-0.4, -0.2) is 42.7 Å². The van der Waals surface area contributed by atoms with E-state index in [-0.39, 0.29) is 28.1 Å². The molecule has 7 nitrogen and oxygen atoms in total. The number of nitrogens with one attached hydrogen (secondary N) is 1. The summed E-state index contributed by atoms with van der Waals surface area (Å²) in [5, 5.41) is 7.19. The maximum atomic E-state index is 13.0. The predicted molar refractivity (Wildman–Crippen MR) is 102 cm³/mol. The number of rotatable bonds is 4. The monoisotopic (exact) mass is 385 g/mol. The van der Waals surface area contributed by atoms with Gasteiger partial charge in [-0.05, 0) is 30.7 Å². The second-order valence-electron chi connectivity index (χ2n) is 6.38. The number of aromatic nitrogens is 2. The van der Waals surface area contributed by atoms with Crippen molar-refractivity contribution >= 4 is 26.5 Å². The minimum absolute atomic E-state index is 0.160. The van der Waals surface area contributed by atoms with E-state index >= 15 is 0 Å². The predicted octanol–water partition coefficient (Wildman–Crippen LogP) is 2.16. The van der Waals surface area contributed by atoms with Crippen LogP contribution >= 0.6 is 0 Å². The summed E-state index contributed by atoms with van der Waals surface area (Å²) in [5.41, 5.74) is 0.591. The summed E-state index contributed by atoms with van der Waals surface area (Å²) in [6, 6.07) is 12.9. The lowest BCUT2D eigenvalue weighted by atomic mass is 10.1. The average Bonchev–Trinajstić information content (AvgIpc) is 2.66. The highest BCUT2D eigenvalue weighted by Crippen LogP contribution is 2.23. The van der Waals surface area contributed by atoms with Gasteiger partial charge < -0.3 is 4.90 Å². The smallest absolute Gasteiger partial charge is 0.275 e. The van der Waals surface area contributed by atoms with Gasteiger partial charge in [-0.1, -0.05) is 30.3 Å². The van der Waals surface area contributed by atoms with Gasteiger partial charge in [0, 0.05) is 18.7 Å². The van der Waals surface area contributed by atoms with Crippen LogP contribution in [0.15, 0.2) is 58.2 Å². The number of benzene rings is 2. The first-order valence-electron chi connectivity index (χ1n) is 8.24. The summed E-state index contributed by atoms with van der Waals surface area (Å²) < 4.78 is 23.2. The van der Waals surface area contributed by atoms with Crippen molar-refractivity contribution in [3.05, 3.63) is 70.1 Å². The molecule has 1 atom stereocenters. The second kappa shape index (κ2) is 6.96. The van der Waals surface area contributed by atoms with Crippen molar-refractivity contribution in [2.45, 2.75) is 17.9 Å². The molecule has 3 rings (SSSR count). The van der Waals surface area contributed by atoms with Crippen molar-refractivity contribution < 1.29 is 13.2 Å². The molecule has 1 amide bonds. The number of carbonyl (C=O) groups is 1. The zero-order chi connectivity index (χ0) is 19.8. The molecule has 1 heterocycles. The highest BCUT2D eigenvalue weighted by atomic mass is 32.2. The molecule has 1 unspecified atom stereocenters. The first kappa shape index (κ1) is 18.8. The molecule has 1 N–H and O–H groups in total. The fourth-order valence-corrected chi connectivity index (χ4v) is 3.47. The van der Waals surface area contributed by atoms with E-state index in [0.717, 1.165) is 11.8 Å². The van der Waals surface area contributed by atoms with Crippen LogP contribution in [0.3, 0.4) is 0 Å². The first-order chi connectivity index (χ1) is 12.7. The molecule has 1 aromatic heterocycles. The standard InChI is InChI=1S/C19H19N3O4S/c1-12(13-8-10-14(11-9-13)27(3,25)26)22(2)19(24)17-15-6-4-5-7-16(15)18(23)21-20-17/h4-12H,1-3H3,(H,21,23). The van der Waals surface area contributed by atoms with E-state index in [9.17, 15) is 18.0 Å². The van der Waals surface area contributed by atoms with E-state index in [2.05, 4.69) is 10.2 Å². The molecule has 0 saturated carbocycles. The topological polar surface area (TPSA) is 100 Å². The van der Waals surface area contributed by atoms with Crippen LogP contribution < -0.4 is 5.56 Å². The van der Waals surface area contributed by atoms with Crippen LogP contribution in [0.4, 0.5) is 0 Å². The Labute approximate surface area is 156 Å². The lowest BCUT2D eigenvalue weighted by Crippen LogP contribution is -2.31. The number of hydrogen-bond donors (Lipinski definition) is 1. The van der Waals surface area contributed by atoms with Gasteiger partial charge in [-0.15, -0.1) is 0 Å². The molecule has 0 radical (unpaired) electrons. The Bertz CT molecular complexity index is 1170. The van der Waals surface area contributed by atoms with Gasteiger partial charge in [-0.3, -0.25) is 9.59 Å². The summed E-state index contributed by atoms with van der Waals surface area (Å²) in [6.07, 6.45) is 1.15. The number of amides is 1. The Kier molecular flexibility index (Phi) is 4.84. The Morgan fingerprint density at radius 3 is 2.26 bits per heavy atom. The molecule has 0 fully saturated rings. The van der Waals surface area contributed by atoms with E-state index in [0.29, 0.717) is 10.8 Å². The minimum Gasteiger partial charge on any atom is -0.334 e. The summed E-state index contributed by atoms with van der Waals surface area (Å²) in [7, 11) is -1.64. The molecule has 27 heavy (non-hydrogen) atoms. The molecule has 0 aliphatic rings. The lowest BCUT2D eigenvalue weighted by molar-refractivity contribution is 0.0737. The summed E-state index contributed by atoms with van der Waals surface area (Å²) in [5.74, 6) is -0.345. The van der Waals surface area contributed by atoms with Gasteiger partial charge in [-0.25, -0.2) is 13.5 Å². The fourth-order valence-electron chi connectivity index (χ4n) is 2.84. The van der Waals surface area contributed by atoms with E-state index in [1.165, 1.54) is 17.0 Å². The van der Waals surface area contributed by atoms with Crippen molar-refractivity contribution in [1.82, 2.24) is 15.1 Å². The highest BCUT2D eigenvalue weighted by molar-refractivity contribution is 7.90. The third kappa shape index (κ3) is 3.61. The molecule has 3 aromatic rings. The third-order valence-corrected chi connectivity index (χ3v) is 5.72. The minimum atomic E-state index is -3.28. The Balaban J connectivity index is 1.94. The van der Waals surface area contributed by atoms with Crippen molar-refractivity contribution in [3.8, 4) is 0 Å². The lowest BCUT2D eigenvalue weighted by Gasteiger charge is -2.25. The second-order valence-corrected chi connectivity index (χ2v) is 8.40. The molecule has 140 valence electrons. The molecule has 0 spiro atoms. The van der Waals surface area contributed by atoms with Gasteiger partial charge in [-0.2, -0.15) is 5.10 Å². The van der Waals surface area contributed by atoms with Crippen LogP contribution in [0.1, 0.15) is 29.0 Å². The Morgan fingerprint density at radius 1 is 1.07 bits per heavy atom. The van der Waals surface area contributed by atoms with Crippen molar-refractivity contribution in [3.63, 3.8) is 0 Å². The number of hydrogen-bond acceptors (Lipinski definition) is 5. The van der Waals surface area contributed by atoms with Crippen LogP contribution in [0.5, 0.6) is 0 Å². The molecule has 0 aliphatic carbocycles. The van der Waals surface area contributed by atoms with Crippen molar-refractivity contribution in [1.29, 1.82) is 0 Å². The van der Waals surface area contributed by atoms with Crippen LogP contribution in [-0.2, 0) is 9.84 Å². The number of H-pyrrole nitrogens is 1. The molecule has 0 aliphatic heterocycles. The molecular formula is C19H19N3O4S. The van der Waals surface area contributed by atoms with Gasteiger partial charge in [0.05, 0.1) is 16.3 Å². The number of sulfone groups is 1. The van der Waals surface area contributed by atoms with E-state index in [4.69, 9.17) is 0 Å². The van der Waals surface area contributed by atoms with E-state index in [1.54, 1.807) is 43.4 Å². The molecule has 0 saturated heterocycles. The molecule has 8 heteroatoms. The van der Waals surface area contributed by atoms with Gasteiger partial charge in [0.2, 0.25) is 0 Å². The molecule has 0 bridgehead atoms. The highest BCUT2D eigenvalue weighted by Gasteiger charge is 2.23. The zero-order valence-corrected chi connectivity index (χ0v) is 15.9. The van der Waals surface area contributed by atoms with Gasteiger partial charge in [0.15, 0.2) is 15.5 Å². The van der Waals surface area contributed by atoms with E-state index < -0.39 is 9.84 Å². The van der Waals surface area contributed by atoms with Crippen LogP contribution in [0.2, 0.25) is 0 Å². The summed E-state index contributed by atoms with van der Waals surface area (Å²) >= 11 is 0. The third-order valence-electron chi connectivity index (χ3n) is 4.59. The number of fused-ring (bicyclic) bond motifs is 1. The quantitative estimate of drug-likeness (QED) is 0.742. The van der Waals surface area contributed by atoms with Crippen LogP contribution in [0.25, 0.3) is 10.8 Å². The maximum absolute atomic E-state index is 13.0. The van der Waals surface area contributed by atoms with Crippen molar-refractivity contribution in [2.75, 3.05) is 13.3 Å². The molecule has 2 aromatic carbocycles. The Morgan fingerprint density at radius 2 is 1.67 bits per heavy atom. The van der Waals surface area contributed by atoms with Gasteiger partial charge in [0.25, 0.3) is 11.5 Å². The average molecular weight is 385 g/mol. The maximum Gasteiger partial charge on any atom is 0.275 e. The number of carbonyl (C=O) groups excluding carboxylic acids is 1. The fraction of sp³-hybridized carbons (Fsp3) is 0.211. The normalized spacial score (nSPS) is 12.7. The van der Waals surface area contributed by atoms with Crippen molar-refractivity contribution in [2.24, 2.45) is 0 Å². The first-order valence-corrected chi connectivity index (χ1v) is 10.1.